The largest absolute Gasteiger partial charge is 0.451 e. The molecular weight excluding hydrogens is 415 g/mol. The van der Waals surface area contributed by atoms with Gasteiger partial charge < -0.3 is 10.1 Å². The van der Waals surface area contributed by atoms with Crippen LogP contribution >= 0.6 is 22.9 Å². The summed E-state index contributed by atoms with van der Waals surface area (Å²) in [7, 11) is 0. The van der Waals surface area contributed by atoms with Gasteiger partial charge in [-0.05, 0) is 31.2 Å². The van der Waals surface area contributed by atoms with Gasteiger partial charge in [0.15, 0.2) is 6.61 Å². The number of benzene rings is 2. The Morgan fingerprint density at radius 2 is 1.82 bits per heavy atom. The van der Waals surface area contributed by atoms with E-state index in [1.165, 1.54) is 31.2 Å². The zero-order chi connectivity index (χ0) is 20.4. The van der Waals surface area contributed by atoms with Gasteiger partial charge in [0.2, 0.25) is 0 Å². The Kier molecular flexibility index (Phi) is 5.90. The van der Waals surface area contributed by atoms with Gasteiger partial charge in [0, 0.05) is 21.7 Å². The first kappa shape index (κ1) is 20.2. The van der Waals surface area contributed by atoms with E-state index in [0.29, 0.717) is 16.2 Å². The third-order valence-corrected chi connectivity index (χ3v) is 5.55. The van der Waals surface area contributed by atoms with Crippen LogP contribution in [0.1, 0.15) is 28.2 Å². The summed E-state index contributed by atoms with van der Waals surface area (Å²) in [4.78, 5) is 24.2. The molecule has 0 saturated heterocycles. The van der Waals surface area contributed by atoms with Crippen LogP contribution in [0.4, 0.5) is 13.2 Å². The summed E-state index contributed by atoms with van der Waals surface area (Å²) in [5, 5.41) is 3.08. The highest BCUT2D eigenvalue weighted by Crippen LogP contribution is 2.36. The molecule has 1 N–H and O–H groups in total. The lowest BCUT2D eigenvalue weighted by Crippen LogP contribution is -2.31. The summed E-state index contributed by atoms with van der Waals surface area (Å²) in [6.45, 7) is 0.887. The Labute approximate surface area is 166 Å². The summed E-state index contributed by atoms with van der Waals surface area (Å²) in [6, 6.07) is 6.16. The highest BCUT2D eigenvalue weighted by molar-refractivity contribution is 7.21. The molecule has 0 radical (unpaired) electrons. The molecule has 1 aromatic heterocycles. The molecule has 1 heterocycles. The Morgan fingerprint density at radius 3 is 2.54 bits per heavy atom. The van der Waals surface area contributed by atoms with Gasteiger partial charge in [0.05, 0.1) is 11.1 Å². The van der Waals surface area contributed by atoms with Crippen molar-refractivity contribution >= 4 is 44.9 Å². The minimum absolute atomic E-state index is 0.0488. The van der Waals surface area contributed by atoms with Gasteiger partial charge in [0.25, 0.3) is 5.91 Å². The number of hydrogen-bond donors (Lipinski definition) is 1. The van der Waals surface area contributed by atoms with Crippen molar-refractivity contribution in [3.8, 4) is 0 Å². The molecule has 1 unspecified atom stereocenters. The lowest BCUT2D eigenvalue weighted by Gasteiger charge is -2.15. The number of esters is 1. The van der Waals surface area contributed by atoms with Gasteiger partial charge in [-0.3, -0.25) is 4.79 Å². The van der Waals surface area contributed by atoms with E-state index >= 15 is 0 Å². The van der Waals surface area contributed by atoms with E-state index in [0.717, 1.165) is 17.4 Å². The Hall–Kier alpha value is -2.58. The molecule has 0 aliphatic rings. The molecule has 3 aromatic rings. The summed E-state index contributed by atoms with van der Waals surface area (Å²) < 4.78 is 45.4. The molecule has 0 aliphatic carbocycles. The predicted octanol–water partition coefficient (Wildman–Crippen LogP) is 5.01. The summed E-state index contributed by atoms with van der Waals surface area (Å²) in [5.41, 5.74) is 0.0932. The van der Waals surface area contributed by atoms with E-state index in [-0.39, 0.29) is 15.5 Å². The predicted molar refractivity (Wildman–Crippen MR) is 100.0 cm³/mol. The van der Waals surface area contributed by atoms with E-state index in [2.05, 4.69) is 5.32 Å². The maximum atomic E-state index is 13.7. The molecule has 0 spiro atoms. The molecule has 1 amide bonds. The number of rotatable bonds is 5. The fourth-order valence-electron chi connectivity index (χ4n) is 2.58. The SMILES string of the molecule is CC(NC(=O)COC(=O)c1sc2cc(F)ccc2c1Cl)c1ccc(F)cc1F. The summed E-state index contributed by atoms with van der Waals surface area (Å²) in [6.07, 6.45) is 0. The van der Waals surface area contributed by atoms with Crippen LogP contribution in [0, 0.1) is 17.5 Å². The van der Waals surface area contributed by atoms with Crippen LogP contribution in [0.5, 0.6) is 0 Å². The van der Waals surface area contributed by atoms with Crippen molar-refractivity contribution in [3.63, 3.8) is 0 Å². The highest BCUT2D eigenvalue weighted by Gasteiger charge is 2.21. The number of nitrogens with one attached hydrogen (secondary N) is 1. The first-order valence-corrected chi connectivity index (χ1v) is 9.24. The second kappa shape index (κ2) is 8.20. The van der Waals surface area contributed by atoms with Crippen molar-refractivity contribution in [1.82, 2.24) is 5.32 Å². The van der Waals surface area contributed by atoms with Crippen LogP contribution in [-0.2, 0) is 9.53 Å². The van der Waals surface area contributed by atoms with Crippen molar-refractivity contribution in [1.29, 1.82) is 0 Å². The van der Waals surface area contributed by atoms with Gasteiger partial charge in [-0.1, -0.05) is 17.7 Å². The molecule has 2 aromatic carbocycles. The zero-order valence-corrected chi connectivity index (χ0v) is 16.0. The molecule has 146 valence electrons. The number of ether oxygens (including phenoxy) is 1. The molecule has 0 aliphatic heterocycles. The van der Waals surface area contributed by atoms with E-state index in [4.69, 9.17) is 16.3 Å². The quantitative estimate of drug-likeness (QED) is 0.582. The molecular formula is C19H13ClF3NO3S. The Morgan fingerprint density at radius 1 is 1.14 bits per heavy atom. The Bertz CT molecular complexity index is 1070. The summed E-state index contributed by atoms with van der Waals surface area (Å²) in [5.74, 6) is -3.50. The number of carbonyl (C=O) groups excluding carboxylic acids is 2. The number of carbonyl (C=O) groups is 2. The van der Waals surface area contributed by atoms with Crippen LogP contribution in [0.25, 0.3) is 10.1 Å². The Balaban J connectivity index is 1.63. The smallest absolute Gasteiger partial charge is 0.350 e. The van der Waals surface area contributed by atoms with E-state index < -0.39 is 42.0 Å². The average molecular weight is 428 g/mol. The van der Waals surface area contributed by atoms with Crippen molar-refractivity contribution in [2.45, 2.75) is 13.0 Å². The standard InChI is InChI=1S/C19H13ClF3NO3S/c1-9(12-4-2-10(21)6-14(12)23)24-16(25)8-27-19(26)18-17(20)13-5-3-11(22)7-15(13)28-18/h2-7,9H,8H2,1H3,(H,24,25). The van der Waals surface area contributed by atoms with Crippen LogP contribution < -0.4 is 5.32 Å². The lowest BCUT2D eigenvalue weighted by molar-refractivity contribution is -0.124. The number of hydrogen-bond acceptors (Lipinski definition) is 4. The minimum Gasteiger partial charge on any atom is -0.451 e. The third-order valence-electron chi connectivity index (χ3n) is 3.92. The van der Waals surface area contributed by atoms with E-state index in [9.17, 15) is 22.8 Å². The molecule has 0 fully saturated rings. The first-order chi connectivity index (χ1) is 13.3. The zero-order valence-electron chi connectivity index (χ0n) is 14.4. The molecule has 4 nitrogen and oxygen atoms in total. The maximum absolute atomic E-state index is 13.7. The van der Waals surface area contributed by atoms with Crippen LogP contribution in [0.15, 0.2) is 36.4 Å². The van der Waals surface area contributed by atoms with E-state index in [1.54, 1.807) is 0 Å². The van der Waals surface area contributed by atoms with Gasteiger partial charge in [-0.15, -0.1) is 11.3 Å². The van der Waals surface area contributed by atoms with Crippen LogP contribution in [0.3, 0.4) is 0 Å². The number of thiophene rings is 1. The monoisotopic (exact) mass is 427 g/mol. The molecule has 0 bridgehead atoms. The average Bonchev–Trinajstić information content (AvgIpc) is 2.95. The van der Waals surface area contributed by atoms with Crippen LogP contribution in [0.2, 0.25) is 5.02 Å². The van der Waals surface area contributed by atoms with Crippen LogP contribution in [-0.4, -0.2) is 18.5 Å². The van der Waals surface area contributed by atoms with Crippen molar-refractivity contribution in [3.05, 3.63) is 69.3 Å². The second-order valence-electron chi connectivity index (χ2n) is 5.92. The molecule has 0 saturated carbocycles. The van der Waals surface area contributed by atoms with Gasteiger partial charge in [-0.2, -0.15) is 0 Å². The van der Waals surface area contributed by atoms with Gasteiger partial charge in [0.1, 0.15) is 22.3 Å². The lowest BCUT2D eigenvalue weighted by atomic mass is 10.1. The number of halogens is 4. The second-order valence-corrected chi connectivity index (χ2v) is 7.35. The topological polar surface area (TPSA) is 55.4 Å². The third kappa shape index (κ3) is 4.28. The summed E-state index contributed by atoms with van der Waals surface area (Å²) >= 11 is 7.08. The maximum Gasteiger partial charge on any atom is 0.350 e. The number of amides is 1. The van der Waals surface area contributed by atoms with Gasteiger partial charge in [-0.25, -0.2) is 18.0 Å². The van der Waals surface area contributed by atoms with E-state index in [1.807, 2.05) is 0 Å². The van der Waals surface area contributed by atoms with Gasteiger partial charge >= 0.3 is 5.97 Å². The van der Waals surface area contributed by atoms with Crippen molar-refractivity contribution < 1.29 is 27.5 Å². The highest BCUT2D eigenvalue weighted by atomic mass is 35.5. The fourth-order valence-corrected chi connectivity index (χ4v) is 4.01. The minimum atomic E-state index is -0.831. The normalized spacial score (nSPS) is 12.0. The first-order valence-electron chi connectivity index (χ1n) is 8.05. The fraction of sp³-hybridized carbons (Fsp3) is 0.158. The molecule has 9 heteroatoms. The molecule has 28 heavy (non-hydrogen) atoms. The van der Waals surface area contributed by atoms with Crippen molar-refractivity contribution in [2.75, 3.05) is 6.61 Å². The molecule has 1 atom stereocenters. The van der Waals surface area contributed by atoms with Crippen molar-refractivity contribution in [2.24, 2.45) is 0 Å². The molecule has 3 rings (SSSR count). The number of fused-ring (bicyclic) bond motifs is 1.